The van der Waals surface area contributed by atoms with Gasteiger partial charge >= 0.3 is 0 Å². The van der Waals surface area contributed by atoms with Crippen LogP contribution in [0.4, 0.5) is 0 Å². The molecule has 1 aromatic heterocycles. The van der Waals surface area contributed by atoms with E-state index in [9.17, 15) is 4.79 Å². The lowest BCUT2D eigenvalue weighted by Crippen LogP contribution is -2.19. The molecule has 1 amide bonds. The Morgan fingerprint density at radius 2 is 1.73 bits per heavy atom. The first-order chi connectivity index (χ1) is 16.1. The molecule has 0 aliphatic carbocycles. The first-order valence-electron chi connectivity index (χ1n) is 11.3. The minimum atomic E-state index is -0.303. The number of aromatic nitrogens is 1. The van der Waals surface area contributed by atoms with Crippen molar-refractivity contribution in [2.24, 2.45) is 4.99 Å². The Morgan fingerprint density at radius 3 is 2.39 bits per heavy atom. The van der Waals surface area contributed by atoms with Crippen LogP contribution in [0.25, 0.3) is 10.2 Å². The van der Waals surface area contributed by atoms with Crippen LogP contribution in [-0.2, 0) is 11.3 Å². The number of hydrogen-bond acceptors (Lipinski definition) is 6. The quantitative estimate of drug-likeness (QED) is 0.344. The fraction of sp³-hybridized carbons (Fsp3) is 0.440. The van der Waals surface area contributed by atoms with E-state index in [1.807, 2.05) is 35.8 Å². The lowest BCUT2D eigenvalue weighted by Gasteiger charge is -2.09. The number of nitrogens with zero attached hydrogens (tertiary/aromatic N) is 2. The van der Waals surface area contributed by atoms with Crippen LogP contribution in [0.15, 0.2) is 41.4 Å². The number of amides is 1. The largest absolute Gasteiger partial charge is 0.494 e. The molecular weight excluding hydrogens is 440 g/mol. The van der Waals surface area contributed by atoms with Crippen LogP contribution in [0.2, 0.25) is 0 Å². The van der Waals surface area contributed by atoms with Gasteiger partial charge in [0.1, 0.15) is 5.75 Å². The molecule has 1 heterocycles. The van der Waals surface area contributed by atoms with E-state index < -0.39 is 0 Å². The zero-order chi connectivity index (χ0) is 23.6. The Balaban J connectivity index is 1.91. The summed E-state index contributed by atoms with van der Waals surface area (Å²) in [6.45, 7) is 6.50. The molecule has 0 unspecified atom stereocenters. The average Bonchev–Trinajstić information content (AvgIpc) is 3.17. The molecule has 0 saturated heterocycles. The van der Waals surface area contributed by atoms with Gasteiger partial charge in [0.25, 0.3) is 5.91 Å². The highest BCUT2D eigenvalue weighted by Crippen LogP contribution is 2.33. The van der Waals surface area contributed by atoms with E-state index in [1.54, 1.807) is 26.4 Å². The summed E-state index contributed by atoms with van der Waals surface area (Å²) in [5.41, 5.74) is 1.43. The third-order valence-corrected chi connectivity index (χ3v) is 6.21. The summed E-state index contributed by atoms with van der Waals surface area (Å²) < 4.78 is 25.1. The predicted octanol–water partition coefficient (Wildman–Crippen LogP) is 5.07. The van der Waals surface area contributed by atoms with Crippen molar-refractivity contribution in [3.63, 3.8) is 0 Å². The Hall–Kier alpha value is -2.84. The molecule has 3 rings (SSSR count). The maximum Gasteiger partial charge on any atom is 0.279 e. The van der Waals surface area contributed by atoms with E-state index in [1.165, 1.54) is 11.3 Å². The molecule has 0 aliphatic rings. The minimum Gasteiger partial charge on any atom is -0.494 e. The molecule has 178 valence electrons. The number of carbonyl (C=O) groups excluding carboxylic acids is 1. The van der Waals surface area contributed by atoms with Crippen molar-refractivity contribution in [3.8, 4) is 17.2 Å². The maximum absolute atomic E-state index is 12.9. The summed E-state index contributed by atoms with van der Waals surface area (Å²) in [5.74, 6) is 1.72. The van der Waals surface area contributed by atoms with Crippen molar-refractivity contribution in [2.45, 2.75) is 39.7 Å². The van der Waals surface area contributed by atoms with Gasteiger partial charge in [-0.25, -0.2) is 0 Å². The molecular formula is C25H32N2O5S. The Morgan fingerprint density at radius 1 is 1.00 bits per heavy atom. The van der Waals surface area contributed by atoms with Gasteiger partial charge in [-0.2, -0.15) is 4.99 Å². The molecule has 0 atom stereocenters. The van der Waals surface area contributed by atoms with E-state index in [2.05, 4.69) is 11.9 Å². The molecule has 0 bridgehead atoms. The van der Waals surface area contributed by atoms with Crippen molar-refractivity contribution in [1.82, 2.24) is 4.57 Å². The zero-order valence-corrected chi connectivity index (χ0v) is 20.6. The molecule has 0 spiro atoms. The molecule has 0 radical (unpaired) electrons. The first-order valence-corrected chi connectivity index (χ1v) is 12.1. The fourth-order valence-electron chi connectivity index (χ4n) is 3.39. The molecule has 0 aliphatic heterocycles. The number of thiazole rings is 1. The number of hydrogen-bond donors (Lipinski definition) is 0. The van der Waals surface area contributed by atoms with Crippen LogP contribution in [0, 0.1) is 0 Å². The topological polar surface area (TPSA) is 71.3 Å². The van der Waals surface area contributed by atoms with Gasteiger partial charge in [0.05, 0.1) is 37.6 Å². The second-order valence-electron chi connectivity index (χ2n) is 7.41. The summed E-state index contributed by atoms with van der Waals surface area (Å²) in [6.07, 6.45) is 3.32. The van der Waals surface area contributed by atoms with Crippen molar-refractivity contribution in [1.29, 1.82) is 0 Å². The Labute approximate surface area is 198 Å². The molecule has 0 N–H and O–H groups in total. The molecule has 8 heteroatoms. The van der Waals surface area contributed by atoms with Crippen LogP contribution in [0.3, 0.4) is 0 Å². The number of unbranched alkanes of at least 4 members (excludes halogenated alkanes) is 2. The van der Waals surface area contributed by atoms with Crippen LogP contribution in [-0.4, -0.2) is 44.5 Å². The molecule has 33 heavy (non-hydrogen) atoms. The summed E-state index contributed by atoms with van der Waals surface area (Å²) in [6, 6.07) is 11.0. The average molecular weight is 473 g/mol. The highest BCUT2D eigenvalue weighted by molar-refractivity contribution is 7.16. The Bertz CT molecular complexity index is 1120. The molecule has 7 nitrogen and oxygen atoms in total. The van der Waals surface area contributed by atoms with Crippen molar-refractivity contribution in [3.05, 3.63) is 46.8 Å². The molecule has 0 fully saturated rings. The van der Waals surface area contributed by atoms with Crippen LogP contribution in [0.5, 0.6) is 17.2 Å². The highest BCUT2D eigenvalue weighted by atomic mass is 32.1. The summed E-state index contributed by atoms with van der Waals surface area (Å²) in [5, 5.41) is 0. The van der Waals surface area contributed by atoms with E-state index in [0.29, 0.717) is 48.2 Å². The van der Waals surface area contributed by atoms with Gasteiger partial charge in [-0.05, 0) is 37.6 Å². The van der Waals surface area contributed by atoms with Gasteiger partial charge < -0.3 is 23.5 Å². The minimum absolute atomic E-state index is 0.303. The van der Waals surface area contributed by atoms with Gasteiger partial charge in [-0.1, -0.05) is 31.1 Å². The van der Waals surface area contributed by atoms with Gasteiger partial charge in [0.15, 0.2) is 16.3 Å². The Kier molecular flexibility index (Phi) is 9.33. The maximum atomic E-state index is 12.9. The standard InChI is InChI=1S/C25H32N2O5S/c1-5-7-8-14-32-19-11-9-18(10-12-19)24(28)26-25-27(13-15-31-6-2)20-16-21(29-3)22(30-4)17-23(20)33-25/h9-12,16-17H,5-8,13-15H2,1-4H3. The monoisotopic (exact) mass is 472 g/mol. The van der Waals surface area contributed by atoms with Gasteiger partial charge in [-0.3, -0.25) is 4.79 Å². The lowest BCUT2D eigenvalue weighted by molar-refractivity contribution is 0.0996. The molecule has 3 aromatic rings. The lowest BCUT2D eigenvalue weighted by atomic mass is 10.2. The molecule has 2 aromatic carbocycles. The second kappa shape index (κ2) is 12.4. The van der Waals surface area contributed by atoms with Crippen molar-refractivity contribution < 1.29 is 23.7 Å². The van der Waals surface area contributed by atoms with Gasteiger partial charge in [-0.15, -0.1) is 0 Å². The van der Waals surface area contributed by atoms with Crippen LogP contribution >= 0.6 is 11.3 Å². The van der Waals surface area contributed by atoms with Crippen molar-refractivity contribution >= 4 is 27.5 Å². The SMILES string of the molecule is CCCCCOc1ccc(C(=O)N=c2sc3cc(OC)c(OC)cc3n2CCOCC)cc1. The number of methoxy groups -OCH3 is 2. The normalized spacial score (nSPS) is 11.7. The summed E-state index contributed by atoms with van der Waals surface area (Å²) in [4.78, 5) is 18.0. The first kappa shape index (κ1) is 24.8. The number of fused-ring (bicyclic) bond motifs is 1. The number of carbonyl (C=O) groups is 1. The summed E-state index contributed by atoms with van der Waals surface area (Å²) in [7, 11) is 3.21. The summed E-state index contributed by atoms with van der Waals surface area (Å²) >= 11 is 1.43. The van der Waals surface area contributed by atoms with Crippen LogP contribution < -0.4 is 19.0 Å². The van der Waals surface area contributed by atoms with E-state index in [4.69, 9.17) is 18.9 Å². The van der Waals surface area contributed by atoms with Crippen molar-refractivity contribution in [2.75, 3.05) is 34.0 Å². The predicted molar refractivity (Wildman–Crippen MR) is 131 cm³/mol. The van der Waals surface area contributed by atoms with E-state index in [0.717, 1.165) is 35.2 Å². The zero-order valence-electron chi connectivity index (χ0n) is 19.8. The van der Waals surface area contributed by atoms with Gasteiger partial charge in [0, 0.05) is 30.8 Å². The third-order valence-electron chi connectivity index (χ3n) is 5.17. The molecule has 0 saturated carbocycles. The third kappa shape index (κ3) is 6.36. The number of rotatable bonds is 12. The fourth-order valence-corrected chi connectivity index (χ4v) is 4.45. The van der Waals surface area contributed by atoms with Crippen LogP contribution in [0.1, 0.15) is 43.5 Å². The number of benzene rings is 2. The number of ether oxygens (including phenoxy) is 4. The van der Waals surface area contributed by atoms with Gasteiger partial charge in [0.2, 0.25) is 0 Å². The van der Waals surface area contributed by atoms with E-state index >= 15 is 0 Å². The second-order valence-corrected chi connectivity index (χ2v) is 8.41. The van der Waals surface area contributed by atoms with E-state index in [-0.39, 0.29) is 5.91 Å². The smallest absolute Gasteiger partial charge is 0.279 e. The highest BCUT2D eigenvalue weighted by Gasteiger charge is 2.14.